The largest absolute Gasteiger partial charge is 0.269 e. The van der Waals surface area contributed by atoms with Crippen molar-refractivity contribution in [3.05, 3.63) is 68.5 Å². The van der Waals surface area contributed by atoms with Crippen molar-refractivity contribution in [2.24, 2.45) is 0 Å². The number of non-ortho nitro benzene ring substituents is 1. The Balaban J connectivity index is 1.64. The molecule has 1 aromatic carbocycles. The molecule has 106 valence electrons. The van der Waals surface area contributed by atoms with Crippen molar-refractivity contribution in [1.82, 2.24) is 4.98 Å². The van der Waals surface area contributed by atoms with E-state index in [1.807, 2.05) is 23.6 Å². The molecule has 0 unspecified atom stereocenters. The van der Waals surface area contributed by atoms with Crippen molar-refractivity contribution in [3.63, 3.8) is 0 Å². The third-order valence-electron chi connectivity index (χ3n) is 3.10. The van der Waals surface area contributed by atoms with Gasteiger partial charge in [0.1, 0.15) is 5.01 Å². The molecule has 0 aliphatic rings. The van der Waals surface area contributed by atoms with Crippen molar-refractivity contribution in [2.45, 2.75) is 12.8 Å². The van der Waals surface area contributed by atoms with Gasteiger partial charge in [0.15, 0.2) is 0 Å². The second-order valence-electron chi connectivity index (χ2n) is 4.54. The summed E-state index contributed by atoms with van der Waals surface area (Å²) >= 11 is 3.35. The number of nitro benzene ring substituents is 1. The number of aromatic nitrogens is 1. The van der Waals surface area contributed by atoms with Crippen LogP contribution in [0.2, 0.25) is 0 Å². The summed E-state index contributed by atoms with van der Waals surface area (Å²) in [6.45, 7) is 0. The van der Waals surface area contributed by atoms with Crippen LogP contribution in [0.25, 0.3) is 9.88 Å². The Labute approximate surface area is 129 Å². The molecule has 6 heteroatoms. The molecule has 0 amide bonds. The number of nitrogens with zero attached hydrogens (tertiary/aromatic N) is 2. The normalized spacial score (nSPS) is 10.7. The van der Waals surface area contributed by atoms with Gasteiger partial charge in [0.25, 0.3) is 5.69 Å². The summed E-state index contributed by atoms with van der Waals surface area (Å²) in [5.41, 5.74) is 2.29. The molecule has 0 radical (unpaired) electrons. The van der Waals surface area contributed by atoms with E-state index in [4.69, 9.17) is 0 Å². The molecule has 0 aliphatic carbocycles. The molecule has 0 spiro atoms. The molecule has 21 heavy (non-hydrogen) atoms. The first kappa shape index (κ1) is 13.9. The fourth-order valence-corrected chi connectivity index (χ4v) is 3.66. The summed E-state index contributed by atoms with van der Waals surface area (Å²) in [6, 6.07) is 10.8. The van der Waals surface area contributed by atoms with E-state index in [1.165, 1.54) is 4.88 Å². The molecule has 0 saturated carbocycles. The molecule has 0 fully saturated rings. The van der Waals surface area contributed by atoms with Crippen LogP contribution in [0, 0.1) is 10.1 Å². The Morgan fingerprint density at radius 2 is 1.90 bits per heavy atom. The van der Waals surface area contributed by atoms with Gasteiger partial charge in [-0.3, -0.25) is 10.1 Å². The van der Waals surface area contributed by atoms with E-state index in [0.29, 0.717) is 0 Å². The van der Waals surface area contributed by atoms with Crippen LogP contribution < -0.4 is 0 Å². The average Bonchev–Trinajstić information content (AvgIpc) is 3.16. The van der Waals surface area contributed by atoms with E-state index in [-0.39, 0.29) is 10.6 Å². The summed E-state index contributed by atoms with van der Waals surface area (Å²) < 4.78 is 0. The first-order chi connectivity index (χ1) is 10.2. The lowest BCUT2D eigenvalue weighted by atomic mass is 10.1. The molecular formula is C15H12N2O2S2. The van der Waals surface area contributed by atoms with Crippen molar-refractivity contribution < 1.29 is 4.92 Å². The average molecular weight is 316 g/mol. The number of nitro groups is 1. The zero-order valence-corrected chi connectivity index (χ0v) is 12.7. The molecule has 4 nitrogen and oxygen atoms in total. The number of thiophene rings is 1. The van der Waals surface area contributed by atoms with Gasteiger partial charge >= 0.3 is 0 Å². The maximum atomic E-state index is 10.6. The topological polar surface area (TPSA) is 56.0 Å². The highest BCUT2D eigenvalue weighted by atomic mass is 32.1. The van der Waals surface area contributed by atoms with E-state index < -0.39 is 0 Å². The quantitative estimate of drug-likeness (QED) is 0.512. The van der Waals surface area contributed by atoms with Gasteiger partial charge in [-0.05, 0) is 29.9 Å². The van der Waals surface area contributed by atoms with Gasteiger partial charge in [-0.25, -0.2) is 4.98 Å². The molecule has 2 heterocycles. The molecule has 2 aromatic heterocycles. The molecule has 0 bridgehead atoms. The van der Waals surface area contributed by atoms with Gasteiger partial charge in [0.2, 0.25) is 0 Å². The van der Waals surface area contributed by atoms with Crippen LogP contribution in [0.1, 0.15) is 11.3 Å². The number of rotatable bonds is 5. The van der Waals surface area contributed by atoms with Gasteiger partial charge in [-0.15, -0.1) is 22.7 Å². The number of hydrogen-bond donors (Lipinski definition) is 0. The third-order valence-corrected chi connectivity index (χ3v) is 5.03. The predicted octanol–water partition coefficient (Wildman–Crippen LogP) is 4.57. The van der Waals surface area contributed by atoms with Crippen LogP contribution in [0.4, 0.5) is 5.69 Å². The van der Waals surface area contributed by atoms with Crippen LogP contribution in [0.3, 0.4) is 0 Å². The first-order valence-electron chi connectivity index (χ1n) is 6.44. The van der Waals surface area contributed by atoms with Crippen molar-refractivity contribution >= 4 is 28.4 Å². The molecule has 3 aromatic rings. The minimum atomic E-state index is -0.377. The lowest BCUT2D eigenvalue weighted by Gasteiger charge is -1.99. The van der Waals surface area contributed by atoms with Crippen molar-refractivity contribution in [1.29, 1.82) is 0 Å². The molecule has 0 atom stereocenters. The van der Waals surface area contributed by atoms with E-state index in [2.05, 4.69) is 16.4 Å². The highest BCUT2D eigenvalue weighted by Gasteiger charge is 2.07. The molecule has 0 saturated heterocycles. The second kappa shape index (κ2) is 6.15. The highest BCUT2D eigenvalue weighted by molar-refractivity contribution is 7.20. The smallest absolute Gasteiger partial charge is 0.258 e. The molecule has 0 aliphatic heterocycles. The predicted molar refractivity (Wildman–Crippen MR) is 85.9 cm³/mol. The number of thiazole rings is 1. The van der Waals surface area contributed by atoms with E-state index >= 15 is 0 Å². The fourth-order valence-electron chi connectivity index (χ4n) is 1.99. The minimum absolute atomic E-state index is 0.132. The number of benzene rings is 1. The van der Waals surface area contributed by atoms with Crippen LogP contribution in [-0.4, -0.2) is 9.91 Å². The monoisotopic (exact) mass is 316 g/mol. The lowest BCUT2D eigenvalue weighted by molar-refractivity contribution is -0.384. The second-order valence-corrected chi connectivity index (χ2v) is 6.35. The van der Waals surface area contributed by atoms with E-state index in [1.54, 1.807) is 34.8 Å². The van der Waals surface area contributed by atoms with Gasteiger partial charge in [-0.2, -0.15) is 0 Å². The number of aryl methyl sites for hydroxylation is 2. The van der Waals surface area contributed by atoms with Crippen LogP contribution in [0.15, 0.2) is 47.2 Å². The SMILES string of the molecule is O=[N+]([O-])c1ccc(CCc2csc(-c3cccs3)n2)cc1. The van der Waals surface area contributed by atoms with Crippen LogP contribution >= 0.6 is 22.7 Å². The maximum Gasteiger partial charge on any atom is 0.269 e. The molecule has 0 N–H and O–H groups in total. The summed E-state index contributed by atoms with van der Waals surface area (Å²) in [4.78, 5) is 16.1. The van der Waals surface area contributed by atoms with Gasteiger partial charge in [0, 0.05) is 17.5 Å². The Kier molecular flexibility index (Phi) is 4.08. The zero-order valence-electron chi connectivity index (χ0n) is 11.1. The third kappa shape index (κ3) is 3.34. The first-order valence-corrected chi connectivity index (χ1v) is 8.20. The fraction of sp³-hybridized carbons (Fsp3) is 0.133. The zero-order chi connectivity index (χ0) is 14.7. The summed E-state index contributed by atoms with van der Waals surface area (Å²) in [6.07, 6.45) is 1.69. The van der Waals surface area contributed by atoms with Gasteiger partial charge < -0.3 is 0 Å². The van der Waals surface area contributed by atoms with Gasteiger partial charge in [-0.1, -0.05) is 18.2 Å². The highest BCUT2D eigenvalue weighted by Crippen LogP contribution is 2.28. The lowest BCUT2D eigenvalue weighted by Crippen LogP contribution is -1.93. The molecular weight excluding hydrogens is 304 g/mol. The molecule has 3 rings (SSSR count). The standard InChI is InChI=1S/C15H12N2O2S2/c18-17(19)13-7-4-11(5-8-13)3-6-12-10-21-15(16-12)14-2-1-9-20-14/h1-2,4-5,7-10H,3,6H2. The number of hydrogen-bond acceptors (Lipinski definition) is 5. The Bertz CT molecular complexity index is 733. The summed E-state index contributed by atoms with van der Waals surface area (Å²) in [5, 5.41) is 15.8. The van der Waals surface area contributed by atoms with E-state index in [0.717, 1.165) is 29.1 Å². The van der Waals surface area contributed by atoms with Crippen LogP contribution in [-0.2, 0) is 12.8 Å². The Morgan fingerprint density at radius 3 is 2.57 bits per heavy atom. The van der Waals surface area contributed by atoms with Gasteiger partial charge in [0.05, 0.1) is 15.5 Å². The minimum Gasteiger partial charge on any atom is -0.258 e. The van der Waals surface area contributed by atoms with Crippen LogP contribution in [0.5, 0.6) is 0 Å². The van der Waals surface area contributed by atoms with E-state index in [9.17, 15) is 10.1 Å². The summed E-state index contributed by atoms with van der Waals surface area (Å²) in [5.74, 6) is 0. The summed E-state index contributed by atoms with van der Waals surface area (Å²) in [7, 11) is 0. The van der Waals surface area contributed by atoms with Crippen molar-refractivity contribution in [3.8, 4) is 9.88 Å². The Morgan fingerprint density at radius 1 is 1.10 bits per heavy atom. The maximum absolute atomic E-state index is 10.6. The van der Waals surface area contributed by atoms with Crippen molar-refractivity contribution in [2.75, 3.05) is 0 Å². The Hall–Kier alpha value is -2.05.